The number of nitrogens with one attached hydrogen (secondary N) is 2. The number of allylic oxidation sites excluding steroid dienone is 1. The highest BCUT2D eigenvalue weighted by Gasteiger charge is 2.33. The third kappa shape index (κ3) is 5.57. The Balaban J connectivity index is 1.63. The Hall–Kier alpha value is -4.13. The van der Waals surface area contributed by atoms with Gasteiger partial charge in [-0.05, 0) is 53.8 Å². The van der Waals surface area contributed by atoms with E-state index in [-0.39, 0.29) is 12.6 Å². The molecular weight excluding hydrogens is 418 g/mol. The molecule has 2 heterocycles. The van der Waals surface area contributed by atoms with Crippen molar-refractivity contribution in [3.05, 3.63) is 107 Å². The largest absolute Gasteiger partial charge is 0.497 e. The molecule has 0 aliphatic carbocycles. The minimum Gasteiger partial charge on any atom is -0.497 e. The van der Waals surface area contributed by atoms with E-state index < -0.39 is 12.0 Å². The second-order valence-electron chi connectivity index (χ2n) is 7.62. The molecule has 0 saturated heterocycles. The third-order valence-electron chi connectivity index (χ3n) is 5.42. The Kier molecular flexibility index (Phi) is 6.99. The highest BCUT2D eigenvalue weighted by molar-refractivity contribution is 5.95. The van der Waals surface area contributed by atoms with Crippen molar-refractivity contribution in [2.45, 2.75) is 25.5 Å². The van der Waals surface area contributed by atoms with Gasteiger partial charge in [-0.15, -0.1) is 0 Å². The van der Waals surface area contributed by atoms with Crippen LogP contribution in [0.3, 0.4) is 0 Å². The molecule has 0 saturated carbocycles. The highest BCUT2D eigenvalue weighted by Crippen LogP contribution is 2.29. The highest BCUT2D eigenvalue weighted by atomic mass is 16.5. The molecule has 1 unspecified atom stereocenters. The molecule has 2 N–H and O–H groups in total. The molecule has 1 atom stereocenters. The van der Waals surface area contributed by atoms with Gasteiger partial charge in [-0.3, -0.25) is 4.98 Å². The van der Waals surface area contributed by atoms with Gasteiger partial charge in [-0.2, -0.15) is 0 Å². The number of pyridine rings is 1. The number of methoxy groups -OCH3 is 1. The Labute approximate surface area is 192 Å². The van der Waals surface area contributed by atoms with Crippen molar-refractivity contribution in [1.29, 1.82) is 0 Å². The lowest BCUT2D eigenvalue weighted by atomic mass is 9.93. The van der Waals surface area contributed by atoms with E-state index in [2.05, 4.69) is 15.6 Å². The van der Waals surface area contributed by atoms with Crippen LogP contribution in [0.5, 0.6) is 5.75 Å². The fourth-order valence-corrected chi connectivity index (χ4v) is 3.76. The van der Waals surface area contributed by atoms with Crippen LogP contribution in [0.25, 0.3) is 0 Å². The zero-order chi connectivity index (χ0) is 23.0. The molecule has 0 fully saturated rings. The molecule has 4 rings (SSSR count). The summed E-state index contributed by atoms with van der Waals surface area (Å²) in [7, 11) is 1.62. The van der Waals surface area contributed by atoms with Crippen molar-refractivity contribution < 1.29 is 19.1 Å². The number of carbonyl (C=O) groups excluding carboxylic acids is 2. The van der Waals surface area contributed by atoms with Crippen molar-refractivity contribution >= 4 is 12.0 Å². The van der Waals surface area contributed by atoms with Crippen molar-refractivity contribution in [2.24, 2.45) is 0 Å². The van der Waals surface area contributed by atoms with Crippen LogP contribution in [-0.2, 0) is 22.6 Å². The number of hydrogen-bond donors (Lipinski definition) is 2. The van der Waals surface area contributed by atoms with E-state index in [0.29, 0.717) is 24.1 Å². The Morgan fingerprint density at radius 1 is 0.970 bits per heavy atom. The second kappa shape index (κ2) is 10.5. The van der Waals surface area contributed by atoms with Crippen molar-refractivity contribution in [2.75, 3.05) is 7.11 Å². The quantitative estimate of drug-likeness (QED) is 0.512. The van der Waals surface area contributed by atoms with Gasteiger partial charge < -0.3 is 20.1 Å². The van der Waals surface area contributed by atoms with Crippen LogP contribution >= 0.6 is 0 Å². The van der Waals surface area contributed by atoms with Crippen molar-refractivity contribution in [3.8, 4) is 5.75 Å². The number of hydrogen-bond acceptors (Lipinski definition) is 5. The number of aromatic nitrogens is 1. The topological polar surface area (TPSA) is 89.6 Å². The predicted molar refractivity (Wildman–Crippen MR) is 123 cm³/mol. The van der Waals surface area contributed by atoms with Gasteiger partial charge in [0.25, 0.3) is 0 Å². The maximum Gasteiger partial charge on any atom is 0.338 e. The molecular formula is C26H25N3O4. The maximum absolute atomic E-state index is 13.3. The minimum absolute atomic E-state index is 0.142. The van der Waals surface area contributed by atoms with Gasteiger partial charge in [0.1, 0.15) is 12.4 Å². The molecule has 1 aliphatic heterocycles. The minimum atomic E-state index is -0.634. The van der Waals surface area contributed by atoms with Crippen LogP contribution in [0.1, 0.15) is 29.2 Å². The normalized spacial score (nSPS) is 15.4. The van der Waals surface area contributed by atoms with Gasteiger partial charge in [0, 0.05) is 18.1 Å². The number of urea groups is 1. The lowest BCUT2D eigenvalue weighted by Gasteiger charge is -2.29. The summed E-state index contributed by atoms with van der Waals surface area (Å²) in [5.74, 6) is 0.279. The standard InChI is InChI=1S/C26H25N3O4/c1-32-21-9-5-8-18(16-21)10-11-22-23(25(30)33-17-19-6-3-2-4-7-19)24(29-26(31)28-22)20-12-14-27-15-13-20/h2-9,12-16,24H,10-11,17H2,1H3,(H2,28,29,31). The Morgan fingerprint density at radius 3 is 2.48 bits per heavy atom. The first-order chi connectivity index (χ1) is 16.1. The number of amides is 2. The molecule has 1 aromatic heterocycles. The van der Waals surface area contributed by atoms with Crippen molar-refractivity contribution in [1.82, 2.24) is 15.6 Å². The van der Waals surface area contributed by atoms with Crippen LogP contribution in [0.2, 0.25) is 0 Å². The van der Waals surface area contributed by atoms with E-state index in [1.54, 1.807) is 31.6 Å². The van der Waals surface area contributed by atoms with Crippen molar-refractivity contribution in [3.63, 3.8) is 0 Å². The average molecular weight is 444 g/mol. The maximum atomic E-state index is 13.3. The summed E-state index contributed by atoms with van der Waals surface area (Å²) in [5, 5.41) is 5.68. The van der Waals surface area contributed by atoms with E-state index >= 15 is 0 Å². The lowest BCUT2D eigenvalue weighted by Crippen LogP contribution is -2.46. The third-order valence-corrected chi connectivity index (χ3v) is 5.42. The van der Waals surface area contributed by atoms with Gasteiger partial charge in [-0.1, -0.05) is 42.5 Å². The van der Waals surface area contributed by atoms with Gasteiger partial charge in [0.15, 0.2) is 0 Å². The Bertz CT molecular complexity index is 1150. The first kappa shape index (κ1) is 22.1. The van der Waals surface area contributed by atoms with E-state index in [1.807, 2.05) is 54.6 Å². The number of ether oxygens (including phenoxy) is 2. The smallest absolute Gasteiger partial charge is 0.338 e. The first-order valence-electron chi connectivity index (χ1n) is 10.7. The van der Waals surface area contributed by atoms with Crippen LogP contribution < -0.4 is 15.4 Å². The molecule has 33 heavy (non-hydrogen) atoms. The monoisotopic (exact) mass is 443 g/mol. The van der Waals surface area contributed by atoms with E-state index in [1.165, 1.54) is 0 Å². The van der Waals surface area contributed by atoms with Crippen LogP contribution in [0, 0.1) is 0 Å². The zero-order valence-corrected chi connectivity index (χ0v) is 18.3. The summed E-state index contributed by atoms with van der Waals surface area (Å²) in [6.07, 6.45) is 4.34. The fourth-order valence-electron chi connectivity index (χ4n) is 3.76. The molecule has 7 heteroatoms. The molecule has 0 radical (unpaired) electrons. The summed E-state index contributed by atoms with van der Waals surface area (Å²) < 4.78 is 10.9. The number of carbonyl (C=O) groups is 2. The van der Waals surface area contributed by atoms with E-state index in [4.69, 9.17) is 9.47 Å². The van der Waals surface area contributed by atoms with E-state index in [0.717, 1.165) is 22.4 Å². The number of aryl methyl sites for hydroxylation is 1. The molecule has 7 nitrogen and oxygen atoms in total. The van der Waals surface area contributed by atoms with Gasteiger partial charge in [0.05, 0.1) is 18.7 Å². The van der Waals surface area contributed by atoms with Crippen LogP contribution in [-0.4, -0.2) is 24.1 Å². The fraction of sp³-hybridized carbons (Fsp3) is 0.192. The predicted octanol–water partition coefficient (Wildman–Crippen LogP) is 4.07. The number of rotatable bonds is 8. The van der Waals surface area contributed by atoms with Gasteiger partial charge in [0.2, 0.25) is 0 Å². The number of benzene rings is 2. The molecule has 0 bridgehead atoms. The SMILES string of the molecule is COc1cccc(CCC2=C(C(=O)OCc3ccccc3)C(c3ccncc3)NC(=O)N2)c1. The van der Waals surface area contributed by atoms with E-state index in [9.17, 15) is 9.59 Å². The second-order valence-corrected chi connectivity index (χ2v) is 7.62. The molecule has 2 aromatic carbocycles. The molecule has 3 aromatic rings. The summed E-state index contributed by atoms with van der Waals surface area (Å²) >= 11 is 0. The molecule has 2 amide bonds. The lowest BCUT2D eigenvalue weighted by molar-refractivity contribution is -0.140. The Morgan fingerprint density at radius 2 is 1.73 bits per heavy atom. The molecule has 168 valence electrons. The molecule has 0 spiro atoms. The van der Waals surface area contributed by atoms with Gasteiger partial charge >= 0.3 is 12.0 Å². The first-order valence-corrected chi connectivity index (χ1v) is 10.7. The van der Waals surface area contributed by atoms with Gasteiger partial charge in [-0.25, -0.2) is 9.59 Å². The summed E-state index contributed by atoms with van der Waals surface area (Å²) in [6.45, 7) is 0.142. The summed E-state index contributed by atoms with van der Waals surface area (Å²) in [6, 6.07) is 19.8. The molecule has 1 aliphatic rings. The van der Waals surface area contributed by atoms with Crippen LogP contribution in [0.4, 0.5) is 4.79 Å². The summed E-state index contributed by atoms with van der Waals surface area (Å²) in [4.78, 5) is 29.8. The zero-order valence-electron chi connectivity index (χ0n) is 18.3. The van der Waals surface area contributed by atoms with Crippen LogP contribution in [0.15, 0.2) is 90.4 Å². The number of esters is 1. The number of nitrogens with zero attached hydrogens (tertiary/aromatic N) is 1. The average Bonchev–Trinajstić information content (AvgIpc) is 2.87. The summed E-state index contributed by atoms with van der Waals surface area (Å²) in [5.41, 5.74) is 3.61.